The Kier molecular flexibility index (Phi) is 7.27. The highest BCUT2D eigenvalue weighted by molar-refractivity contribution is 9.10. The van der Waals surface area contributed by atoms with E-state index in [0.29, 0.717) is 18.8 Å². The molecule has 0 saturated carbocycles. The van der Waals surface area contributed by atoms with Crippen molar-refractivity contribution in [1.29, 1.82) is 0 Å². The average molecular weight is 494 g/mol. The quantitative estimate of drug-likeness (QED) is 0.668. The normalized spacial score (nSPS) is 14.9. The van der Waals surface area contributed by atoms with Crippen LogP contribution in [0.2, 0.25) is 0 Å². The summed E-state index contributed by atoms with van der Waals surface area (Å²) >= 11 is 3.36. The van der Waals surface area contributed by atoms with Crippen molar-refractivity contribution in [2.45, 2.75) is 24.2 Å². The molecule has 9 heteroatoms. The minimum atomic E-state index is -3.63. The maximum atomic E-state index is 12.9. The Balaban J connectivity index is 1.69. The summed E-state index contributed by atoms with van der Waals surface area (Å²) in [5.41, 5.74) is 0.835. The predicted molar refractivity (Wildman–Crippen MR) is 119 cm³/mol. The van der Waals surface area contributed by atoms with Gasteiger partial charge >= 0.3 is 0 Å². The highest BCUT2D eigenvalue weighted by atomic mass is 79.9. The zero-order valence-corrected chi connectivity index (χ0v) is 19.1. The average Bonchev–Trinajstić information content (AvgIpc) is 2.75. The van der Waals surface area contributed by atoms with Crippen LogP contribution in [0.3, 0.4) is 0 Å². The largest absolute Gasteiger partial charge is 0.332 e. The van der Waals surface area contributed by atoms with E-state index >= 15 is 0 Å². The molecule has 2 amide bonds. The molecule has 0 aliphatic carbocycles. The van der Waals surface area contributed by atoms with E-state index in [9.17, 15) is 18.0 Å². The van der Waals surface area contributed by atoms with Gasteiger partial charge in [0.2, 0.25) is 15.9 Å². The molecule has 1 aliphatic rings. The van der Waals surface area contributed by atoms with Crippen molar-refractivity contribution in [2.24, 2.45) is 0 Å². The summed E-state index contributed by atoms with van der Waals surface area (Å²) in [6.07, 6.45) is 2.71. The van der Waals surface area contributed by atoms with Gasteiger partial charge in [0.05, 0.1) is 17.1 Å². The van der Waals surface area contributed by atoms with Crippen LogP contribution in [0.15, 0.2) is 57.9 Å². The summed E-state index contributed by atoms with van der Waals surface area (Å²) in [6.45, 7) is 0.828. The van der Waals surface area contributed by atoms with Gasteiger partial charge in [0.25, 0.3) is 5.91 Å². The molecule has 160 valence electrons. The van der Waals surface area contributed by atoms with Gasteiger partial charge in [0.15, 0.2) is 0 Å². The Morgan fingerprint density at radius 2 is 1.77 bits per heavy atom. The summed E-state index contributed by atoms with van der Waals surface area (Å²) in [7, 11) is -2.13. The Bertz CT molecular complexity index is 1040. The van der Waals surface area contributed by atoms with E-state index in [1.807, 2.05) is 6.07 Å². The summed E-state index contributed by atoms with van der Waals surface area (Å²) < 4.78 is 28.0. The molecule has 1 fully saturated rings. The van der Waals surface area contributed by atoms with E-state index in [4.69, 9.17) is 0 Å². The van der Waals surface area contributed by atoms with E-state index in [2.05, 4.69) is 21.2 Å². The SMILES string of the molecule is CN(CC(=O)Nc1ccccc1Br)C(=O)c1cccc(S(=O)(=O)N2CCCCC2)c1. The summed E-state index contributed by atoms with van der Waals surface area (Å²) in [4.78, 5) is 26.5. The van der Waals surface area contributed by atoms with Crippen LogP contribution >= 0.6 is 15.9 Å². The highest BCUT2D eigenvalue weighted by Crippen LogP contribution is 2.22. The van der Waals surface area contributed by atoms with Crippen molar-refractivity contribution in [1.82, 2.24) is 9.21 Å². The predicted octanol–water partition coefficient (Wildman–Crippen LogP) is 3.33. The van der Waals surface area contributed by atoms with Gasteiger partial charge in [-0.1, -0.05) is 24.6 Å². The van der Waals surface area contributed by atoms with E-state index < -0.39 is 15.9 Å². The van der Waals surface area contributed by atoms with Crippen LogP contribution < -0.4 is 5.32 Å². The van der Waals surface area contributed by atoms with E-state index in [1.54, 1.807) is 30.3 Å². The molecule has 0 spiro atoms. The van der Waals surface area contributed by atoms with Crippen LogP contribution in [-0.2, 0) is 14.8 Å². The molecule has 1 saturated heterocycles. The zero-order chi connectivity index (χ0) is 21.7. The number of hydrogen-bond donors (Lipinski definition) is 1. The molecule has 0 unspecified atom stereocenters. The third kappa shape index (κ3) is 5.27. The lowest BCUT2D eigenvalue weighted by molar-refractivity contribution is -0.116. The first-order valence-corrected chi connectivity index (χ1v) is 11.9. The molecule has 1 heterocycles. The van der Waals surface area contributed by atoms with Gasteiger partial charge in [-0.2, -0.15) is 4.31 Å². The van der Waals surface area contributed by atoms with E-state index in [-0.39, 0.29) is 22.9 Å². The number of halogens is 1. The van der Waals surface area contributed by atoms with Gasteiger partial charge in [-0.3, -0.25) is 9.59 Å². The van der Waals surface area contributed by atoms with Crippen molar-refractivity contribution in [3.8, 4) is 0 Å². The Morgan fingerprint density at radius 1 is 1.07 bits per heavy atom. The Hall–Kier alpha value is -2.23. The first-order chi connectivity index (χ1) is 14.3. The monoisotopic (exact) mass is 493 g/mol. The van der Waals surface area contributed by atoms with Crippen molar-refractivity contribution < 1.29 is 18.0 Å². The number of nitrogens with one attached hydrogen (secondary N) is 1. The maximum absolute atomic E-state index is 12.9. The number of sulfonamides is 1. The summed E-state index contributed by atoms with van der Waals surface area (Å²) in [6, 6.07) is 13.2. The molecule has 1 aliphatic heterocycles. The Morgan fingerprint density at radius 3 is 2.47 bits per heavy atom. The molecular weight excluding hydrogens is 470 g/mol. The molecule has 2 aromatic rings. The Labute approximate surface area is 185 Å². The second-order valence-electron chi connectivity index (χ2n) is 7.18. The summed E-state index contributed by atoms with van der Waals surface area (Å²) in [5.74, 6) is -0.775. The number of benzene rings is 2. The standard InChI is InChI=1S/C21H24BrN3O4S/c1-24(15-20(26)23-19-11-4-3-10-18(19)22)21(27)16-8-7-9-17(14-16)30(28,29)25-12-5-2-6-13-25/h3-4,7-11,14H,2,5-6,12-13,15H2,1H3,(H,23,26). The number of para-hydroxylation sites is 1. The molecular formula is C21H24BrN3O4S. The van der Waals surface area contributed by atoms with E-state index in [1.165, 1.54) is 28.4 Å². The molecule has 1 N–H and O–H groups in total. The first-order valence-electron chi connectivity index (χ1n) is 9.69. The topological polar surface area (TPSA) is 86.8 Å². The number of likely N-dealkylation sites (N-methyl/N-ethyl adjacent to an activating group) is 1. The van der Waals surface area contributed by atoms with Gasteiger partial charge in [0, 0.05) is 30.2 Å². The van der Waals surface area contributed by atoms with Crippen LogP contribution in [-0.4, -0.2) is 56.1 Å². The fourth-order valence-corrected chi connectivity index (χ4v) is 5.25. The van der Waals surface area contributed by atoms with Crippen molar-refractivity contribution in [3.05, 3.63) is 58.6 Å². The lowest BCUT2D eigenvalue weighted by Gasteiger charge is -2.26. The fraction of sp³-hybridized carbons (Fsp3) is 0.333. The minimum Gasteiger partial charge on any atom is -0.332 e. The number of carbonyl (C=O) groups excluding carboxylic acids is 2. The molecule has 3 rings (SSSR count). The maximum Gasteiger partial charge on any atom is 0.254 e. The van der Waals surface area contributed by atoms with Gasteiger partial charge in [0.1, 0.15) is 0 Å². The van der Waals surface area contributed by atoms with Crippen LogP contribution in [0, 0.1) is 0 Å². The van der Waals surface area contributed by atoms with Crippen LogP contribution in [0.1, 0.15) is 29.6 Å². The minimum absolute atomic E-state index is 0.0984. The summed E-state index contributed by atoms with van der Waals surface area (Å²) in [5, 5.41) is 2.74. The van der Waals surface area contributed by atoms with Crippen molar-refractivity contribution in [3.63, 3.8) is 0 Å². The number of piperidine rings is 1. The molecule has 2 aromatic carbocycles. The van der Waals surface area contributed by atoms with Crippen molar-refractivity contribution >= 4 is 43.5 Å². The molecule has 0 aromatic heterocycles. The number of rotatable bonds is 6. The molecule has 30 heavy (non-hydrogen) atoms. The fourth-order valence-electron chi connectivity index (χ4n) is 3.30. The van der Waals surface area contributed by atoms with Crippen molar-refractivity contribution in [2.75, 3.05) is 32.0 Å². The van der Waals surface area contributed by atoms with Crippen LogP contribution in [0.25, 0.3) is 0 Å². The number of amides is 2. The van der Waals surface area contributed by atoms with Crippen LogP contribution in [0.4, 0.5) is 5.69 Å². The number of nitrogens with zero attached hydrogens (tertiary/aromatic N) is 2. The zero-order valence-electron chi connectivity index (χ0n) is 16.7. The molecule has 7 nitrogen and oxygen atoms in total. The number of hydrogen-bond acceptors (Lipinski definition) is 4. The third-order valence-electron chi connectivity index (χ3n) is 4.91. The van der Waals surface area contributed by atoms with E-state index in [0.717, 1.165) is 23.7 Å². The highest BCUT2D eigenvalue weighted by Gasteiger charge is 2.27. The molecule has 0 radical (unpaired) electrons. The van der Waals surface area contributed by atoms with Crippen LogP contribution in [0.5, 0.6) is 0 Å². The van der Waals surface area contributed by atoms with Gasteiger partial charge in [-0.15, -0.1) is 0 Å². The third-order valence-corrected chi connectivity index (χ3v) is 7.50. The lowest BCUT2D eigenvalue weighted by atomic mass is 10.2. The number of anilines is 1. The molecule has 0 atom stereocenters. The number of carbonyl (C=O) groups is 2. The second kappa shape index (κ2) is 9.72. The smallest absolute Gasteiger partial charge is 0.254 e. The van der Waals surface area contributed by atoms with Gasteiger partial charge in [-0.05, 0) is 59.1 Å². The van der Waals surface area contributed by atoms with Gasteiger partial charge < -0.3 is 10.2 Å². The second-order valence-corrected chi connectivity index (χ2v) is 9.97. The molecule has 0 bridgehead atoms. The van der Waals surface area contributed by atoms with Gasteiger partial charge in [-0.25, -0.2) is 8.42 Å². The lowest BCUT2D eigenvalue weighted by Crippen LogP contribution is -2.36. The first kappa shape index (κ1) is 22.5.